The Morgan fingerprint density at radius 1 is 1.06 bits per heavy atom. The number of alkyl halides is 9. The van der Waals surface area contributed by atoms with Crippen molar-refractivity contribution in [3.05, 3.63) is 39.0 Å². The summed E-state index contributed by atoms with van der Waals surface area (Å²) in [5.41, 5.74) is 0.0184. The second-order valence-electron chi connectivity index (χ2n) is 7.35. The molecular weight excluding hydrogens is 625 g/mol. The first kappa shape index (κ1) is 28.1. The predicted molar refractivity (Wildman–Crippen MR) is 111 cm³/mol. The van der Waals surface area contributed by atoms with Gasteiger partial charge in [0.05, 0.1) is 4.90 Å². The van der Waals surface area contributed by atoms with E-state index in [9.17, 15) is 48.3 Å². The number of aryl methyl sites for hydroxylation is 1. The number of allylic oxidation sites excluding steroid dienone is 1. The van der Waals surface area contributed by atoms with Crippen molar-refractivity contribution in [3.8, 4) is 0 Å². The van der Waals surface area contributed by atoms with E-state index < -0.39 is 68.4 Å². The van der Waals surface area contributed by atoms with Crippen LogP contribution < -0.4 is 0 Å². The molecule has 0 spiro atoms. The minimum Gasteiger partial charge on any atom is -0.268 e. The average molecular weight is 640 g/mol. The van der Waals surface area contributed by atoms with Crippen LogP contribution in [0.2, 0.25) is 0 Å². The van der Waals surface area contributed by atoms with Crippen LogP contribution in [0, 0.1) is 12.8 Å². The number of hydrogen-bond acceptors (Lipinski definition) is 3. The first-order valence-electron chi connectivity index (χ1n) is 8.88. The number of sulfonamides is 1. The average Bonchev–Trinajstić information content (AvgIpc) is 2.97. The van der Waals surface area contributed by atoms with Gasteiger partial charge in [-0.25, -0.2) is 12.7 Å². The third-order valence-electron chi connectivity index (χ3n) is 4.94. The molecule has 1 aromatic carbocycles. The number of amides is 1. The normalized spacial score (nSPS) is 20.4. The standard InChI is InChI=1S/C18H15ClF8INO3S/c1-9-3-5-12(6-4-9)33(31,32)29-8-11(13(10(2)28)14(29)30)7-15(20,21)16(22,23)17(24,25)18(19,26)27/h3-6,11H,7-8H2,1-2H3/b13-10+. The lowest BCUT2D eigenvalue weighted by atomic mass is 9.90. The monoisotopic (exact) mass is 639 g/mol. The van der Waals surface area contributed by atoms with Gasteiger partial charge in [0.15, 0.2) is 0 Å². The first-order chi connectivity index (χ1) is 14.7. The summed E-state index contributed by atoms with van der Waals surface area (Å²) in [7, 11) is -4.62. The number of nitrogens with zero attached hydrogens (tertiary/aromatic N) is 1. The molecule has 0 N–H and O–H groups in total. The summed E-state index contributed by atoms with van der Waals surface area (Å²) in [6, 6.07) is 5.01. The number of benzene rings is 1. The van der Waals surface area contributed by atoms with Crippen molar-refractivity contribution in [1.29, 1.82) is 0 Å². The van der Waals surface area contributed by atoms with E-state index >= 15 is 0 Å². The highest BCUT2D eigenvalue weighted by molar-refractivity contribution is 14.1. The maximum absolute atomic E-state index is 14.3. The highest BCUT2D eigenvalue weighted by Crippen LogP contribution is 2.56. The van der Waals surface area contributed by atoms with Gasteiger partial charge in [-0.3, -0.25) is 4.79 Å². The summed E-state index contributed by atoms with van der Waals surface area (Å²) in [4.78, 5) is 12.3. The molecule has 0 saturated carbocycles. The second kappa shape index (κ2) is 8.81. The highest BCUT2D eigenvalue weighted by Gasteiger charge is 2.80. The van der Waals surface area contributed by atoms with Gasteiger partial charge in [-0.2, -0.15) is 35.1 Å². The van der Waals surface area contributed by atoms with Crippen molar-refractivity contribution in [2.75, 3.05) is 6.54 Å². The van der Waals surface area contributed by atoms with Gasteiger partial charge in [0.2, 0.25) is 0 Å². The number of carbonyl (C=O) groups excluding carboxylic acids is 1. The van der Waals surface area contributed by atoms with Gasteiger partial charge in [-0.1, -0.05) is 17.7 Å². The summed E-state index contributed by atoms with van der Waals surface area (Å²) >= 11 is 5.40. The Morgan fingerprint density at radius 2 is 1.55 bits per heavy atom. The van der Waals surface area contributed by atoms with Gasteiger partial charge in [0.1, 0.15) is 0 Å². The van der Waals surface area contributed by atoms with Gasteiger partial charge in [0, 0.05) is 24.5 Å². The van der Waals surface area contributed by atoms with Crippen LogP contribution in [-0.4, -0.2) is 48.3 Å². The van der Waals surface area contributed by atoms with E-state index in [1.54, 1.807) is 6.92 Å². The molecule has 0 radical (unpaired) electrons. The molecule has 1 fully saturated rings. The van der Waals surface area contributed by atoms with Crippen LogP contribution in [0.4, 0.5) is 35.1 Å². The Balaban J connectivity index is 2.48. The van der Waals surface area contributed by atoms with E-state index in [0.29, 0.717) is 5.56 Å². The maximum Gasteiger partial charge on any atom is 0.392 e. The van der Waals surface area contributed by atoms with Crippen molar-refractivity contribution >= 4 is 50.1 Å². The number of halogens is 10. The molecule has 1 aliphatic rings. The molecule has 0 aliphatic carbocycles. The molecule has 15 heteroatoms. The zero-order valence-corrected chi connectivity index (χ0v) is 20.4. The fraction of sp³-hybridized carbons (Fsp3) is 0.500. The van der Waals surface area contributed by atoms with E-state index in [0.717, 1.165) is 12.1 Å². The van der Waals surface area contributed by atoms with E-state index in [-0.39, 0.29) is 7.89 Å². The molecule has 1 amide bonds. The number of rotatable bonds is 7. The van der Waals surface area contributed by atoms with Crippen LogP contribution in [0.5, 0.6) is 0 Å². The minimum atomic E-state index is -6.65. The zero-order valence-electron chi connectivity index (χ0n) is 16.7. The van der Waals surface area contributed by atoms with Crippen molar-refractivity contribution in [3.63, 3.8) is 0 Å². The van der Waals surface area contributed by atoms with Crippen LogP contribution in [0.1, 0.15) is 18.9 Å². The second-order valence-corrected chi connectivity index (χ2v) is 11.3. The fourth-order valence-electron chi connectivity index (χ4n) is 3.17. The molecule has 1 saturated heterocycles. The predicted octanol–water partition coefficient (Wildman–Crippen LogP) is 5.98. The van der Waals surface area contributed by atoms with Crippen LogP contribution in [0.25, 0.3) is 0 Å². The smallest absolute Gasteiger partial charge is 0.268 e. The minimum absolute atomic E-state index is 0.0715. The third-order valence-corrected chi connectivity index (χ3v) is 7.53. The van der Waals surface area contributed by atoms with E-state index in [4.69, 9.17) is 0 Å². The van der Waals surface area contributed by atoms with Gasteiger partial charge < -0.3 is 0 Å². The van der Waals surface area contributed by atoms with Crippen LogP contribution >= 0.6 is 34.2 Å². The summed E-state index contributed by atoms with van der Waals surface area (Å²) in [5, 5.41) is -6.01. The molecule has 33 heavy (non-hydrogen) atoms. The maximum atomic E-state index is 14.3. The van der Waals surface area contributed by atoms with Crippen molar-refractivity contribution in [2.24, 2.45) is 5.92 Å². The molecule has 186 valence electrons. The zero-order chi connectivity index (χ0) is 25.8. The first-order valence-corrected chi connectivity index (χ1v) is 11.8. The lowest BCUT2D eigenvalue weighted by molar-refractivity contribution is -0.350. The van der Waals surface area contributed by atoms with Crippen LogP contribution in [0.15, 0.2) is 38.3 Å². The summed E-state index contributed by atoms with van der Waals surface area (Å²) in [6.07, 6.45) is -2.22. The van der Waals surface area contributed by atoms with Crippen molar-refractivity contribution in [2.45, 2.75) is 48.3 Å². The topological polar surface area (TPSA) is 54.5 Å². The Labute approximate surface area is 202 Å². The fourth-order valence-corrected chi connectivity index (χ4v) is 5.39. The van der Waals surface area contributed by atoms with E-state index in [1.807, 2.05) is 0 Å². The van der Waals surface area contributed by atoms with Gasteiger partial charge >= 0.3 is 23.1 Å². The third kappa shape index (κ3) is 4.83. The van der Waals surface area contributed by atoms with Crippen molar-refractivity contribution in [1.82, 2.24) is 4.31 Å². The molecule has 1 aromatic rings. The Kier molecular flexibility index (Phi) is 7.49. The molecule has 0 aromatic heterocycles. The number of hydrogen-bond donors (Lipinski definition) is 0. The molecule has 1 aliphatic heterocycles. The molecule has 2 rings (SSSR count). The largest absolute Gasteiger partial charge is 0.392 e. The summed E-state index contributed by atoms with van der Waals surface area (Å²) in [6.45, 7) is 1.73. The Hall–Kier alpha value is -1.16. The summed E-state index contributed by atoms with van der Waals surface area (Å²) < 4.78 is 135. The number of carbonyl (C=O) groups is 1. The van der Waals surface area contributed by atoms with Crippen LogP contribution in [0.3, 0.4) is 0 Å². The van der Waals surface area contributed by atoms with Gasteiger partial charge in [-0.05, 0) is 63.8 Å². The van der Waals surface area contributed by atoms with Gasteiger partial charge in [0.25, 0.3) is 15.9 Å². The Bertz CT molecular complexity index is 1070. The molecule has 0 bridgehead atoms. The van der Waals surface area contributed by atoms with Gasteiger partial charge in [-0.15, -0.1) is 0 Å². The molecule has 1 heterocycles. The lowest BCUT2D eigenvalue weighted by Gasteiger charge is -2.35. The molecule has 1 unspecified atom stereocenters. The van der Waals surface area contributed by atoms with E-state index in [2.05, 4.69) is 11.6 Å². The van der Waals surface area contributed by atoms with Crippen LogP contribution in [-0.2, 0) is 14.8 Å². The lowest BCUT2D eigenvalue weighted by Crippen LogP contribution is -2.61. The Morgan fingerprint density at radius 3 is 1.97 bits per heavy atom. The molecule has 4 nitrogen and oxygen atoms in total. The van der Waals surface area contributed by atoms with Crippen molar-refractivity contribution < 1.29 is 48.3 Å². The SMILES string of the molecule is C/C(I)=C1\C(=O)N(S(=O)(=O)c2ccc(C)cc2)CC1CC(F)(F)C(F)(F)C(F)(F)C(F)(F)Cl. The molecular formula is C18H15ClF8INO3S. The van der Waals surface area contributed by atoms with E-state index in [1.165, 1.54) is 41.6 Å². The quantitative estimate of drug-likeness (QED) is 0.160. The molecule has 1 atom stereocenters. The summed E-state index contributed by atoms with van der Waals surface area (Å²) in [5.74, 6) is -22.4. The highest BCUT2D eigenvalue weighted by atomic mass is 127.